The van der Waals surface area contributed by atoms with E-state index in [-0.39, 0.29) is 17.2 Å². The number of anilines is 1. The molecular formula is C20H22N2O5. The summed E-state index contributed by atoms with van der Waals surface area (Å²) in [5.41, 5.74) is 1.92. The number of amides is 1. The molecule has 7 heteroatoms. The number of aryl methyl sites for hydroxylation is 1. The monoisotopic (exact) mass is 370 g/mol. The lowest BCUT2D eigenvalue weighted by Gasteiger charge is -2.17. The first-order valence-electron chi connectivity index (χ1n) is 8.56. The summed E-state index contributed by atoms with van der Waals surface area (Å²) < 4.78 is 5.17. The number of nitrogens with zero attached hydrogens (tertiary/aromatic N) is 1. The van der Waals surface area contributed by atoms with Crippen molar-refractivity contribution in [3.8, 4) is 0 Å². The number of nitro groups is 1. The first kappa shape index (κ1) is 20.1. The van der Waals surface area contributed by atoms with E-state index in [1.165, 1.54) is 19.1 Å². The van der Waals surface area contributed by atoms with Gasteiger partial charge in [0.25, 0.3) is 11.6 Å². The molecule has 1 amide bonds. The maximum Gasteiger partial charge on any atom is 0.339 e. The third-order valence-corrected chi connectivity index (χ3v) is 4.14. The number of benzene rings is 2. The minimum atomic E-state index is -1.06. The van der Waals surface area contributed by atoms with E-state index in [0.717, 1.165) is 11.6 Å². The van der Waals surface area contributed by atoms with Gasteiger partial charge in [-0.2, -0.15) is 0 Å². The fourth-order valence-electron chi connectivity index (χ4n) is 2.56. The van der Waals surface area contributed by atoms with Crippen molar-refractivity contribution in [2.24, 2.45) is 0 Å². The van der Waals surface area contributed by atoms with Crippen molar-refractivity contribution in [3.63, 3.8) is 0 Å². The highest BCUT2D eigenvalue weighted by Gasteiger charge is 2.22. The van der Waals surface area contributed by atoms with Crippen LogP contribution in [0.25, 0.3) is 0 Å². The van der Waals surface area contributed by atoms with Crippen molar-refractivity contribution in [2.75, 3.05) is 5.32 Å². The van der Waals surface area contributed by atoms with E-state index in [4.69, 9.17) is 4.74 Å². The van der Waals surface area contributed by atoms with Crippen molar-refractivity contribution < 1.29 is 19.2 Å². The Morgan fingerprint density at radius 3 is 2.41 bits per heavy atom. The van der Waals surface area contributed by atoms with E-state index in [0.29, 0.717) is 11.3 Å². The zero-order valence-corrected chi connectivity index (χ0v) is 15.7. The number of esters is 1. The fraction of sp³-hybridized carbons (Fsp3) is 0.300. The highest BCUT2D eigenvalue weighted by Crippen LogP contribution is 2.24. The molecule has 0 saturated carbocycles. The number of nitrogens with one attached hydrogen (secondary N) is 1. The number of nitro benzene ring substituents is 1. The maximum atomic E-state index is 12.4. The van der Waals surface area contributed by atoms with E-state index in [1.54, 1.807) is 13.0 Å². The molecule has 2 aromatic rings. The molecule has 0 spiro atoms. The number of carbonyl (C=O) groups excluding carboxylic acids is 2. The van der Waals surface area contributed by atoms with Crippen LogP contribution in [0.1, 0.15) is 48.2 Å². The summed E-state index contributed by atoms with van der Waals surface area (Å²) in [6.07, 6.45) is -1.06. The minimum Gasteiger partial charge on any atom is -0.449 e. The predicted octanol–water partition coefficient (Wildman–Crippen LogP) is 4.21. The summed E-state index contributed by atoms with van der Waals surface area (Å²) in [7, 11) is 0. The molecule has 0 aliphatic rings. The normalized spacial score (nSPS) is 11.7. The van der Waals surface area contributed by atoms with Gasteiger partial charge in [-0.25, -0.2) is 4.79 Å². The lowest BCUT2D eigenvalue weighted by molar-refractivity contribution is -0.385. The van der Waals surface area contributed by atoms with Crippen LogP contribution in [-0.2, 0) is 9.53 Å². The fourth-order valence-corrected chi connectivity index (χ4v) is 2.56. The number of rotatable bonds is 6. The summed E-state index contributed by atoms with van der Waals surface area (Å²) in [6.45, 7) is 7.06. The molecule has 0 unspecified atom stereocenters. The van der Waals surface area contributed by atoms with Crippen LogP contribution in [0.5, 0.6) is 0 Å². The topological polar surface area (TPSA) is 98.5 Å². The second-order valence-corrected chi connectivity index (χ2v) is 6.54. The highest BCUT2D eigenvalue weighted by molar-refractivity contribution is 5.98. The molecule has 0 radical (unpaired) electrons. The predicted molar refractivity (Wildman–Crippen MR) is 102 cm³/mol. The maximum absolute atomic E-state index is 12.4. The lowest BCUT2D eigenvalue weighted by Crippen LogP contribution is -2.30. The first-order valence-corrected chi connectivity index (χ1v) is 8.56. The summed E-state index contributed by atoms with van der Waals surface area (Å²) in [6, 6.07) is 11.5. The summed E-state index contributed by atoms with van der Waals surface area (Å²) >= 11 is 0. The van der Waals surface area contributed by atoms with Gasteiger partial charge in [0.15, 0.2) is 6.10 Å². The SMILES string of the molecule is Cc1ccc(C(=O)O[C@@H](C)C(=O)Nc2ccccc2C(C)C)cc1[N+](=O)[O-]. The van der Waals surface area contributed by atoms with Gasteiger partial charge >= 0.3 is 5.97 Å². The average Bonchev–Trinajstić information content (AvgIpc) is 2.61. The van der Waals surface area contributed by atoms with E-state index in [9.17, 15) is 19.7 Å². The Balaban J connectivity index is 2.10. The molecule has 0 saturated heterocycles. The Morgan fingerprint density at radius 1 is 1.11 bits per heavy atom. The smallest absolute Gasteiger partial charge is 0.339 e. The Morgan fingerprint density at radius 2 is 1.78 bits per heavy atom. The third-order valence-electron chi connectivity index (χ3n) is 4.14. The summed E-state index contributed by atoms with van der Waals surface area (Å²) in [5.74, 6) is -1.05. The molecule has 0 aliphatic heterocycles. The average molecular weight is 370 g/mol. The van der Waals surface area contributed by atoms with Crippen molar-refractivity contribution in [3.05, 3.63) is 69.3 Å². The van der Waals surface area contributed by atoms with Crippen LogP contribution in [0.3, 0.4) is 0 Å². The Labute approximate surface area is 157 Å². The molecular weight excluding hydrogens is 348 g/mol. The van der Waals surface area contributed by atoms with Crippen LogP contribution in [0.2, 0.25) is 0 Å². The second-order valence-electron chi connectivity index (χ2n) is 6.54. The van der Waals surface area contributed by atoms with Crippen molar-refractivity contribution in [1.82, 2.24) is 0 Å². The van der Waals surface area contributed by atoms with Crippen LogP contribution in [0.4, 0.5) is 11.4 Å². The molecule has 2 rings (SSSR count). The lowest BCUT2D eigenvalue weighted by atomic mass is 10.0. The molecule has 0 aromatic heterocycles. The Hall–Kier alpha value is -3.22. The van der Waals surface area contributed by atoms with Crippen LogP contribution in [-0.4, -0.2) is 22.9 Å². The number of hydrogen-bond acceptors (Lipinski definition) is 5. The largest absolute Gasteiger partial charge is 0.449 e. The number of hydrogen-bond donors (Lipinski definition) is 1. The zero-order valence-electron chi connectivity index (χ0n) is 15.7. The van der Waals surface area contributed by atoms with Crippen molar-refractivity contribution in [1.29, 1.82) is 0 Å². The van der Waals surface area contributed by atoms with Gasteiger partial charge in [-0.15, -0.1) is 0 Å². The second kappa shape index (κ2) is 8.44. The molecule has 142 valence electrons. The van der Waals surface area contributed by atoms with E-state index >= 15 is 0 Å². The van der Waals surface area contributed by atoms with Crippen molar-refractivity contribution in [2.45, 2.75) is 39.7 Å². The summed E-state index contributed by atoms with van der Waals surface area (Å²) in [4.78, 5) is 35.1. The molecule has 1 N–H and O–H groups in total. The van der Waals surface area contributed by atoms with Crippen LogP contribution in [0.15, 0.2) is 42.5 Å². The van der Waals surface area contributed by atoms with Crippen molar-refractivity contribution >= 4 is 23.3 Å². The van der Waals surface area contributed by atoms with Crippen LogP contribution < -0.4 is 5.32 Å². The molecule has 1 atom stereocenters. The molecule has 7 nitrogen and oxygen atoms in total. The standard InChI is InChI=1S/C20H22N2O5/c1-12(2)16-7-5-6-8-17(16)21-19(23)14(4)27-20(24)15-10-9-13(3)18(11-15)22(25)26/h5-12,14H,1-4H3,(H,21,23)/t14-/m0/s1. The quantitative estimate of drug-likeness (QED) is 0.466. The van der Waals surface area contributed by atoms with Gasteiger partial charge in [-0.05, 0) is 37.5 Å². The Bertz CT molecular complexity index is 876. The van der Waals surface area contributed by atoms with Crippen LogP contribution in [0, 0.1) is 17.0 Å². The molecule has 0 aliphatic carbocycles. The van der Waals surface area contributed by atoms with Gasteiger partial charge in [-0.1, -0.05) is 38.1 Å². The number of ether oxygens (including phenoxy) is 1. The van der Waals surface area contributed by atoms with Gasteiger partial charge in [0.2, 0.25) is 0 Å². The number of carbonyl (C=O) groups is 2. The van der Waals surface area contributed by atoms with E-state index in [1.807, 2.05) is 32.0 Å². The molecule has 0 fully saturated rings. The molecule has 27 heavy (non-hydrogen) atoms. The zero-order chi connectivity index (χ0) is 20.1. The molecule has 0 heterocycles. The number of para-hydroxylation sites is 1. The highest BCUT2D eigenvalue weighted by atomic mass is 16.6. The van der Waals surface area contributed by atoms with E-state index < -0.39 is 22.9 Å². The summed E-state index contributed by atoms with van der Waals surface area (Å²) in [5, 5.41) is 13.8. The van der Waals surface area contributed by atoms with Gasteiger partial charge in [0, 0.05) is 17.3 Å². The minimum absolute atomic E-state index is 0.0227. The Kier molecular flexibility index (Phi) is 6.28. The molecule has 0 bridgehead atoms. The first-order chi connectivity index (χ1) is 12.7. The van der Waals surface area contributed by atoms with Gasteiger partial charge in [-0.3, -0.25) is 14.9 Å². The van der Waals surface area contributed by atoms with Gasteiger partial charge < -0.3 is 10.1 Å². The van der Waals surface area contributed by atoms with Gasteiger partial charge in [0.1, 0.15) is 0 Å². The van der Waals surface area contributed by atoms with Crippen LogP contribution >= 0.6 is 0 Å². The third kappa shape index (κ3) is 4.91. The van der Waals surface area contributed by atoms with Gasteiger partial charge in [0.05, 0.1) is 10.5 Å². The van der Waals surface area contributed by atoms with E-state index in [2.05, 4.69) is 5.32 Å². The molecule has 2 aromatic carbocycles.